The number of guanidine groups is 1. The number of hydrogen-bond acceptors (Lipinski definition) is 4. The number of methoxy groups -OCH3 is 1. The Morgan fingerprint density at radius 1 is 1.32 bits per heavy atom. The summed E-state index contributed by atoms with van der Waals surface area (Å²) >= 11 is 2.06. The van der Waals surface area contributed by atoms with E-state index in [1.54, 1.807) is 7.11 Å². The van der Waals surface area contributed by atoms with Crippen molar-refractivity contribution in [3.8, 4) is 5.75 Å². The maximum Gasteiger partial charge on any atom is 0.191 e. The van der Waals surface area contributed by atoms with Gasteiger partial charge in [0.2, 0.25) is 0 Å². The van der Waals surface area contributed by atoms with Gasteiger partial charge in [-0.3, -0.25) is 4.99 Å². The molecular weight excluding hydrogens is 447 g/mol. The molecule has 1 aromatic carbocycles. The standard InChI is InChI=1S/C18H30N4OS.HI/c1-19-18(20-12-16-6-5-11-24-16)21-13-17(22(2)3)14-7-9-15(23-4)10-8-14;/h7-10,16-17H,5-6,11-13H2,1-4H3,(H2,19,20,21);1H. The number of thioether (sulfide) groups is 1. The van der Waals surface area contributed by atoms with Gasteiger partial charge < -0.3 is 20.3 Å². The third-order valence-corrected chi connectivity index (χ3v) is 5.73. The SMILES string of the molecule is CN=C(NCC1CCCS1)NCC(c1ccc(OC)cc1)N(C)C.I. The molecule has 2 N–H and O–H groups in total. The minimum atomic E-state index is 0. The van der Waals surface area contributed by atoms with Gasteiger partial charge in [-0.15, -0.1) is 24.0 Å². The normalized spacial score (nSPS) is 18.6. The first kappa shape index (κ1) is 22.4. The number of aliphatic imine (C=N–C) groups is 1. The number of ether oxygens (including phenoxy) is 1. The monoisotopic (exact) mass is 478 g/mol. The van der Waals surface area contributed by atoms with Crippen LogP contribution in [0.4, 0.5) is 0 Å². The number of likely N-dealkylation sites (N-methyl/N-ethyl adjacent to an activating group) is 1. The van der Waals surface area contributed by atoms with Crippen molar-refractivity contribution in [3.63, 3.8) is 0 Å². The molecule has 1 aliphatic heterocycles. The first-order valence-corrected chi connectivity index (χ1v) is 9.55. The van der Waals surface area contributed by atoms with E-state index in [9.17, 15) is 0 Å². The minimum Gasteiger partial charge on any atom is -0.497 e. The number of nitrogens with one attached hydrogen (secondary N) is 2. The molecule has 1 saturated heterocycles. The van der Waals surface area contributed by atoms with Gasteiger partial charge in [0.15, 0.2) is 5.96 Å². The van der Waals surface area contributed by atoms with Crippen molar-refractivity contribution in [2.45, 2.75) is 24.1 Å². The van der Waals surface area contributed by atoms with Crippen LogP contribution in [-0.4, -0.2) is 63.2 Å². The second-order valence-corrected chi connectivity index (χ2v) is 7.63. The lowest BCUT2D eigenvalue weighted by molar-refractivity contribution is 0.298. The van der Waals surface area contributed by atoms with Crippen molar-refractivity contribution in [3.05, 3.63) is 29.8 Å². The molecule has 1 fully saturated rings. The highest BCUT2D eigenvalue weighted by Gasteiger charge is 2.17. The van der Waals surface area contributed by atoms with E-state index in [2.05, 4.69) is 58.5 Å². The molecule has 7 heteroatoms. The van der Waals surface area contributed by atoms with Crippen molar-refractivity contribution in [1.29, 1.82) is 0 Å². The molecule has 2 rings (SSSR count). The highest BCUT2D eigenvalue weighted by molar-refractivity contribution is 14.0. The first-order valence-electron chi connectivity index (χ1n) is 8.50. The molecule has 1 aromatic rings. The van der Waals surface area contributed by atoms with Gasteiger partial charge in [-0.25, -0.2) is 0 Å². The minimum absolute atomic E-state index is 0. The molecular formula is C18H31IN4OS. The Morgan fingerprint density at radius 2 is 2.04 bits per heavy atom. The predicted octanol–water partition coefficient (Wildman–Crippen LogP) is 2.98. The number of hydrogen-bond donors (Lipinski definition) is 2. The fourth-order valence-electron chi connectivity index (χ4n) is 2.85. The smallest absolute Gasteiger partial charge is 0.191 e. The highest BCUT2D eigenvalue weighted by Crippen LogP contribution is 2.25. The topological polar surface area (TPSA) is 48.9 Å². The fraction of sp³-hybridized carbons (Fsp3) is 0.611. The van der Waals surface area contributed by atoms with E-state index in [0.29, 0.717) is 0 Å². The van der Waals surface area contributed by atoms with Gasteiger partial charge in [0.05, 0.1) is 13.2 Å². The van der Waals surface area contributed by atoms with Crippen LogP contribution in [0, 0.1) is 0 Å². The predicted molar refractivity (Wildman–Crippen MR) is 120 cm³/mol. The fourth-order valence-corrected chi connectivity index (χ4v) is 4.06. The molecule has 0 bridgehead atoms. The largest absolute Gasteiger partial charge is 0.497 e. The van der Waals surface area contributed by atoms with Crippen LogP contribution < -0.4 is 15.4 Å². The summed E-state index contributed by atoms with van der Waals surface area (Å²) in [6.07, 6.45) is 2.64. The Morgan fingerprint density at radius 3 is 2.56 bits per heavy atom. The van der Waals surface area contributed by atoms with Crippen LogP contribution in [0.1, 0.15) is 24.4 Å². The van der Waals surface area contributed by atoms with E-state index in [0.717, 1.165) is 30.0 Å². The summed E-state index contributed by atoms with van der Waals surface area (Å²) in [5.41, 5.74) is 1.26. The lowest BCUT2D eigenvalue weighted by atomic mass is 10.1. The molecule has 0 radical (unpaired) electrons. The molecule has 0 spiro atoms. The Bertz CT molecular complexity index is 518. The molecule has 0 saturated carbocycles. The average molecular weight is 478 g/mol. The van der Waals surface area contributed by atoms with Crippen LogP contribution in [0.5, 0.6) is 5.75 Å². The Kier molecular flexibility index (Phi) is 10.6. The molecule has 25 heavy (non-hydrogen) atoms. The maximum absolute atomic E-state index is 5.25. The lowest BCUT2D eigenvalue weighted by Crippen LogP contribution is -2.43. The Labute approximate surface area is 173 Å². The summed E-state index contributed by atoms with van der Waals surface area (Å²) in [6.45, 7) is 1.79. The zero-order valence-electron chi connectivity index (χ0n) is 15.6. The summed E-state index contributed by atoms with van der Waals surface area (Å²) in [4.78, 5) is 6.57. The van der Waals surface area contributed by atoms with E-state index < -0.39 is 0 Å². The van der Waals surface area contributed by atoms with E-state index in [-0.39, 0.29) is 30.0 Å². The van der Waals surface area contributed by atoms with Gasteiger partial charge in [0.25, 0.3) is 0 Å². The third-order valence-electron chi connectivity index (χ3n) is 4.33. The summed E-state index contributed by atoms with van der Waals surface area (Å²) in [5, 5.41) is 7.63. The van der Waals surface area contributed by atoms with Crippen LogP contribution in [0.2, 0.25) is 0 Å². The van der Waals surface area contributed by atoms with Crippen molar-refractivity contribution < 1.29 is 4.74 Å². The average Bonchev–Trinajstić information content (AvgIpc) is 3.11. The van der Waals surface area contributed by atoms with Crippen molar-refractivity contribution in [2.24, 2.45) is 4.99 Å². The zero-order chi connectivity index (χ0) is 17.4. The van der Waals surface area contributed by atoms with E-state index >= 15 is 0 Å². The molecule has 2 atom stereocenters. The van der Waals surface area contributed by atoms with E-state index in [1.807, 2.05) is 19.2 Å². The summed E-state index contributed by atoms with van der Waals surface area (Å²) in [5.74, 6) is 3.05. The second-order valence-electron chi connectivity index (χ2n) is 6.22. The molecule has 2 unspecified atom stereocenters. The lowest BCUT2D eigenvalue weighted by Gasteiger charge is -2.26. The Balaban J connectivity index is 0.00000312. The van der Waals surface area contributed by atoms with Gasteiger partial charge in [0.1, 0.15) is 5.75 Å². The second kappa shape index (κ2) is 11.9. The van der Waals surface area contributed by atoms with Crippen LogP contribution in [0.3, 0.4) is 0 Å². The summed E-state index contributed by atoms with van der Waals surface area (Å²) in [6, 6.07) is 8.54. The number of nitrogens with zero attached hydrogens (tertiary/aromatic N) is 2. The molecule has 0 amide bonds. The van der Waals surface area contributed by atoms with Crippen molar-refractivity contribution >= 4 is 41.7 Å². The highest BCUT2D eigenvalue weighted by atomic mass is 127. The zero-order valence-corrected chi connectivity index (χ0v) is 18.8. The van der Waals surface area contributed by atoms with Gasteiger partial charge >= 0.3 is 0 Å². The Hall–Kier alpha value is -0.670. The first-order chi connectivity index (χ1) is 11.6. The maximum atomic E-state index is 5.25. The quantitative estimate of drug-likeness (QED) is 0.359. The molecule has 0 aliphatic carbocycles. The van der Waals surface area contributed by atoms with Gasteiger partial charge in [-0.2, -0.15) is 11.8 Å². The van der Waals surface area contributed by atoms with Crippen LogP contribution >= 0.6 is 35.7 Å². The van der Waals surface area contributed by atoms with Crippen LogP contribution in [0.15, 0.2) is 29.3 Å². The molecule has 1 aliphatic rings. The molecule has 5 nitrogen and oxygen atoms in total. The molecule has 0 aromatic heterocycles. The van der Waals surface area contributed by atoms with E-state index in [1.165, 1.54) is 24.2 Å². The molecule has 1 heterocycles. The van der Waals surface area contributed by atoms with Gasteiger partial charge in [0, 0.05) is 25.4 Å². The number of rotatable bonds is 7. The van der Waals surface area contributed by atoms with Gasteiger partial charge in [-0.1, -0.05) is 12.1 Å². The van der Waals surface area contributed by atoms with Crippen LogP contribution in [0.25, 0.3) is 0 Å². The third kappa shape index (κ3) is 7.22. The van der Waals surface area contributed by atoms with Gasteiger partial charge in [-0.05, 0) is 50.4 Å². The number of benzene rings is 1. The summed E-state index contributed by atoms with van der Waals surface area (Å²) < 4.78 is 5.25. The van der Waals surface area contributed by atoms with Crippen molar-refractivity contribution in [1.82, 2.24) is 15.5 Å². The summed E-state index contributed by atoms with van der Waals surface area (Å²) in [7, 11) is 7.72. The van der Waals surface area contributed by atoms with Crippen LogP contribution in [-0.2, 0) is 0 Å². The number of halogens is 1. The van der Waals surface area contributed by atoms with E-state index in [4.69, 9.17) is 4.74 Å². The van der Waals surface area contributed by atoms with Crippen molar-refractivity contribution in [2.75, 3.05) is 47.1 Å². The molecule has 142 valence electrons.